The second-order valence-electron chi connectivity index (χ2n) is 9.37. The van der Waals surface area contributed by atoms with Crippen LogP contribution < -0.4 is 15.8 Å². The topological polar surface area (TPSA) is 134 Å². The lowest BCUT2D eigenvalue weighted by Gasteiger charge is -2.32. The molecule has 3 N–H and O–H groups in total. The van der Waals surface area contributed by atoms with Crippen LogP contribution in [0.15, 0.2) is 88.6 Å². The maximum atomic E-state index is 13.7. The van der Waals surface area contributed by atoms with Crippen molar-refractivity contribution in [3.8, 4) is 5.75 Å². The van der Waals surface area contributed by atoms with E-state index in [4.69, 9.17) is 4.74 Å². The predicted molar refractivity (Wildman–Crippen MR) is 143 cm³/mol. The van der Waals surface area contributed by atoms with Gasteiger partial charge in [0.25, 0.3) is 11.5 Å². The van der Waals surface area contributed by atoms with Gasteiger partial charge in [-0.1, -0.05) is 60.2 Å². The number of benzene rings is 3. The number of sulfonamides is 1. The lowest BCUT2D eigenvalue weighted by molar-refractivity contribution is -0.133. The van der Waals surface area contributed by atoms with Crippen LogP contribution in [0.1, 0.15) is 34.0 Å². The van der Waals surface area contributed by atoms with E-state index in [0.717, 1.165) is 21.0 Å². The Labute approximate surface area is 225 Å². The highest BCUT2D eigenvalue weighted by atomic mass is 32.2. The van der Waals surface area contributed by atoms with E-state index in [0.29, 0.717) is 18.1 Å². The smallest absolute Gasteiger partial charge is 0.272 e. The summed E-state index contributed by atoms with van der Waals surface area (Å²) >= 11 is 0. The number of H-pyrrole nitrogens is 1. The third kappa shape index (κ3) is 5.37. The number of aryl methyl sites for hydroxylation is 1. The molecule has 3 aromatic carbocycles. The van der Waals surface area contributed by atoms with Crippen molar-refractivity contribution in [3.05, 3.63) is 117 Å². The quantitative estimate of drug-likeness (QED) is 0.229. The molecule has 0 bridgehead atoms. The molecule has 39 heavy (non-hydrogen) atoms. The van der Waals surface area contributed by atoms with Crippen LogP contribution in [0.5, 0.6) is 5.75 Å². The number of ether oxygens (including phenoxy) is 1. The molecule has 4 aromatic rings. The van der Waals surface area contributed by atoms with Crippen molar-refractivity contribution in [2.45, 2.75) is 37.4 Å². The summed E-state index contributed by atoms with van der Waals surface area (Å²) in [6.07, 6.45) is 0.193. The molecule has 1 atom stereocenters. The summed E-state index contributed by atoms with van der Waals surface area (Å²) < 4.78 is 35.4. The van der Waals surface area contributed by atoms with Crippen LogP contribution in [-0.2, 0) is 34.4 Å². The van der Waals surface area contributed by atoms with Gasteiger partial charge in [0.05, 0.1) is 17.0 Å². The molecule has 2 heterocycles. The third-order valence-electron chi connectivity index (χ3n) is 6.71. The lowest BCUT2D eigenvalue weighted by Crippen LogP contribution is -2.48. The van der Waals surface area contributed by atoms with Crippen molar-refractivity contribution in [3.63, 3.8) is 0 Å². The first-order valence-corrected chi connectivity index (χ1v) is 13.8. The molecule has 1 unspecified atom stereocenters. The number of hydrogen-bond acceptors (Lipinski definition) is 6. The van der Waals surface area contributed by atoms with Crippen LogP contribution in [0.4, 0.5) is 0 Å². The minimum atomic E-state index is -4.22. The van der Waals surface area contributed by atoms with Gasteiger partial charge in [0.2, 0.25) is 10.0 Å². The van der Waals surface area contributed by atoms with Crippen molar-refractivity contribution in [1.29, 1.82) is 0 Å². The summed E-state index contributed by atoms with van der Waals surface area (Å²) in [4.78, 5) is 26.1. The van der Waals surface area contributed by atoms with Crippen molar-refractivity contribution >= 4 is 15.9 Å². The first kappa shape index (κ1) is 26.4. The molecule has 5 rings (SSSR count). The number of carbonyl (C=O) groups excluding carboxylic acids is 1. The first-order valence-electron chi connectivity index (χ1n) is 12.4. The SMILES string of the molecule is Cc1ccc(COc2ccc(S(=O)(=O)N3CCc4[nH]n(Cc5ccccc5)c(=O)c4C3C(=O)NO)cc2)cc1. The fourth-order valence-corrected chi connectivity index (χ4v) is 6.23. The maximum absolute atomic E-state index is 13.7. The summed E-state index contributed by atoms with van der Waals surface area (Å²) in [5, 5.41) is 12.5. The monoisotopic (exact) mass is 548 g/mol. The lowest BCUT2D eigenvalue weighted by atomic mass is 10.0. The van der Waals surface area contributed by atoms with Gasteiger partial charge in [-0.25, -0.2) is 18.6 Å². The normalized spacial score (nSPS) is 15.5. The van der Waals surface area contributed by atoms with Crippen LogP contribution in [-0.4, -0.2) is 40.2 Å². The molecule has 11 heteroatoms. The first-order chi connectivity index (χ1) is 18.8. The number of nitrogens with one attached hydrogen (secondary N) is 2. The van der Waals surface area contributed by atoms with E-state index in [2.05, 4.69) is 5.10 Å². The Kier molecular flexibility index (Phi) is 7.38. The van der Waals surface area contributed by atoms with Gasteiger partial charge in [0, 0.05) is 18.7 Å². The molecule has 1 aliphatic rings. The second kappa shape index (κ2) is 10.9. The van der Waals surface area contributed by atoms with Crippen LogP contribution >= 0.6 is 0 Å². The van der Waals surface area contributed by atoms with Crippen LogP contribution in [0.3, 0.4) is 0 Å². The summed E-state index contributed by atoms with van der Waals surface area (Å²) in [6, 6.07) is 21.5. The molecule has 0 spiro atoms. The number of aromatic amines is 1. The fraction of sp³-hybridized carbons (Fsp3) is 0.214. The predicted octanol–water partition coefficient (Wildman–Crippen LogP) is 2.91. The molecular weight excluding hydrogens is 520 g/mol. The van der Waals surface area contributed by atoms with Gasteiger partial charge in [-0.15, -0.1) is 0 Å². The zero-order chi connectivity index (χ0) is 27.6. The number of rotatable bonds is 8. The zero-order valence-electron chi connectivity index (χ0n) is 21.2. The Balaban J connectivity index is 1.40. The molecule has 1 aromatic heterocycles. The Morgan fingerprint density at radius 3 is 2.38 bits per heavy atom. The molecule has 202 valence electrons. The van der Waals surface area contributed by atoms with E-state index in [1.54, 1.807) is 12.1 Å². The number of hydrogen-bond donors (Lipinski definition) is 3. The summed E-state index contributed by atoms with van der Waals surface area (Å²) in [7, 11) is -4.22. The van der Waals surface area contributed by atoms with Gasteiger partial charge in [-0.3, -0.25) is 19.9 Å². The van der Waals surface area contributed by atoms with Crippen molar-refractivity contribution in [2.75, 3.05) is 6.54 Å². The number of nitrogens with zero attached hydrogens (tertiary/aromatic N) is 2. The number of hydroxylamine groups is 1. The van der Waals surface area contributed by atoms with E-state index in [-0.39, 0.29) is 30.0 Å². The van der Waals surface area contributed by atoms with Gasteiger partial charge in [-0.2, -0.15) is 4.31 Å². The fourth-order valence-electron chi connectivity index (χ4n) is 4.67. The van der Waals surface area contributed by atoms with Gasteiger partial charge in [0.1, 0.15) is 18.4 Å². The second-order valence-corrected chi connectivity index (χ2v) is 11.3. The third-order valence-corrected chi connectivity index (χ3v) is 8.59. The molecule has 0 radical (unpaired) electrons. The molecule has 0 saturated heterocycles. The zero-order valence-corrected chi connectivity index (χ0v) is 22.0. The van der Waals surface area contributed by atoms with Crippen LogP contribution in [0, 0.1) is 6.92 Å². The number of fused-ring (bicyclic) bond motifs is 1. The van der Waals surface area contributed by atoms with Crippen molar-refractivity contribution in [2.24, 2.45) is 0 Å². The molecule has 0 fully saturated rings. The van der Waals surface area contributed by atoms with Crippen LogP contribution in [0.25, 0.3) is 0 Å². The van der Waals surface area contributed by atoms with E-state index in [9.17, 15) is 23.2 Å². The highest BCUT2D eigenvalue weighted by molar-refractivity contribution is 7.89. The standard InChI is InChI=1S/C28H28N4O6S/c1-19-7-9-21(10-8-19)18-38-22-11-13-23(14-12-22)39(36,37)32-16-15-24-25(26(32)27(33)30-35)28(34)31(29-24)17-20-5-3-2-4-6-20/h2-14,26,29,35H,15-18H2,1H3,(H,30,33). The highest BCUT2D eigenvalue weighted by Gasteiger charge is 2.43. The molecule has 0 aliphatic carbocycles. The Morgan fingerprint density at radius 2 is 1.72 bits per heavy atom. The maximum Gasteiger partial charge on any atom is 0.272 e. The van der Waals surface area contributed by atoms with Gasteiger partial charge in [0.15, 0.2) is 0 Å². The number of carbonyl (C=O) groups is 1. The number of aromatic nitrogens is 2. The summed E-state index contributed by atoms with van der Waals surface area (Å²) in [5.74, 6) is -0.532. The molecule has 1 aliphatic heterocycles. The molecule has 1 amide bonds. The molecule has 10 nitrogen and oxygen atoms in total. The van der Waals surface area contributed by atoms with Crippen molar-refractivity contribution < 1.29 is 23.2 Å². The molecular formula is C28H28N4O6S. The van der Waals surface area contributed by atoms with Gasteiger partial charge < -0.3 is 4.74 Å². The Morgan fingerprint density at radius 1 is 1.03 bits per heavy atom. The minimum absolute atomic E-state index is 0.00893. The summed E-state index contributed by atoms with van der Waals surface area (Å²) in [6.45, 7) is 2.47. The Bertz CT molecular complexity index is 1630. The molecule has 0 saturated carbocycles. The van der Waals surface area contributed by atoms with E-state index >= 15 is 0 Å². The highest BCUT2D eigenvalue weighted by Crippen LogP contribution is 2.33. The minimum Gasteiger partial charge on any atom is -0.489 e. The average Bonchev–Trinajstić information content (AvgIpc) is 3.27. The summed E-state index contributed by atoms with van der Waals surface area (Å²) in [5.41, 5.74) is 4.43. The average molecular weight is 549 g/mol. The van der Waals surface area contributed by atoms with E-state index < -0.39 is 27.5 Å². The van der Waals surface area contributed by atoms with Crippen molar-refractivity contribution in [1.82, 2.24) is 19.6 Å². The Hall–Kier alpha value is -4.19. The van der Waals surface area contributed by atoms with Gasteiger partial charge in [-0.05, 0) is 42.3 Å². The number of amides is 1. The van der Waals surface area contributed by atoms with E-state index in [1.165, 1.54) is 22.3 Å². The van der Waals surface area contributed by atoms with Crippen LogP contribution in [0.2, 0.25) is 0 Å². The van der Waals surface area contributed by atoms with Gasteiger partial charge >= 0.3 is 0 Å². The largest absolute Gasteiger partial charge is 0.489 e. The van der Waals surface area contributed by atoms with E-state index in [1.807, 2.05) is 61.5 Å².